The van der Waals surface area contributed by atoms with Crippen molar-refractivity contribution in [3.8, 4) is 5.75 Å². The van der Waals surface area contributed by atoms with Crippen molar-refractivity contribution in [3.05, 3.63) is 29.3 Å². The van der Waals surface area contributed by atoms with E-state index in [9.17, 15) is 0 Å². The zero-order valence-corrected chi connectivity index (χ0v) is 11.8. The Bertz CT molecular complexity index is 392. The maximum absolute atomic E-state index is 6.13. The third kappa shape index (κ3) is 3.26. The van der Waals surface area contributed by atoms with Gasteiger partial charge in [-0.2, -0.15) is 0 Å². The first-order chi connectivity index (χ1) is 8.56. The standard InChI is InChI=1S/C16H25NO/c1-11-4-7-15(8-5-11)18-16-9-6-14(13(3)17)10-12(16)2/h6,9-11,13,15H,4-5,7-8,17H2,1-3H3/t11?,13-,15?/m0/s1. The van der Waals surface area contributed by atoms with E-state index in [-0.39, 0.29) is 6.04 Å². The number of hydrogen-bond acceptors (Lipinski definition) is 2. The Balaban J connectivity index is 2.01. The van der Waals surface area contributed by atoms with Gasteiger partial charge < -0.3 is 10.5 Å². The van der Waals surface area contributed by atoms with Gasteiger partial charge in [-0.05, 0) is 62.6 Å². The first-order valence-corrected chi connectivity index (χ1v) is 7.09. The highest BCUT2D eigenvalue weighted by Gasteiger charge is 2.20. The van der Waals surface area contributed by atoms with Gasteiger partial charge in [0.25, 0.3) is 0 Å². The van der Waals surface area contributed by atoms with E-state index < -0.39 is 0 Å². The van der Waals surface area contributed by atoms with E-state index in [1.54, 1.807) is 0 Å². The van der Waals surface area contributed by atoms with Crippen molar-refractivity contribution < 1.29 is 4.74 Å². The van der Waals surface area contributed by atoms with Crippen molar-refractivity contribution in [1.29, 1.82) is 0 Å². The summed E-state index contributed by atoms with van der Waals surface area (Å²) in [5.74, 6) is 1.89. The maximum Gasteiger partial charge on any atom is 0.122 e. The van der Waals surface area contributed by atoms with Crippen LogP contribution in [0.2, 0.25) is 0 Å². The number of ether oxygens (including phenoxy) is 1. The summed E-state index contributed by atoms with van der Waals surface area (Å²) in [7, 11) is 0. The Labute approximate surface area is 111 Å². The molecule has 18 heavy (non-hydrogen) atoms. The molecule has 1 saturated carbocycles. The predicted octanol–water partition coefficient (Wildman–Crippen LogP) is 3.97. The Hall–Kier alpha value is -1.02. The average molecular weight is 247 g/mol. The molecule has 0 aliphatic heterocycles. The minimum absolute atomic E-state index is 0.0910. The molecule has 1 fully saturated rings. The molecule has 1 atom stereocenters. The molecule has 0 unspecified atom stereocenters. The first kappa shape index (κ1) is 13.4. The molecule has 0 amide bonds. The number of hydrogen-bond donors (Lipinski definition) is 1. The summed E-state index contributed by atoms with van der Waals surface area (Å²) in [5.41, 5.74) is 8.27. The molecule has 2 nitrogen and oxygen atoms in total. The quantitative estimate of drug-likeness (QED) is 0.877. The van der Waals surface area contributed by atoms with Crippen LogP contribution in [0.15, 0.2) is 18.2 Å². The summed E-state index contributed by atoms with van der Waals surface area (Å²) in [6, 6.07) is 6.39. The molecule has 1 aliphatic carbocycles. The van der Waals surface area contributed by atoms with Crippen molar-refractivity contribution >= 4 is 0 Å². The first-order valence-electron chi connectivity index (χ1n) is 7.09. The molecule has 0 bridgehead atoms. The van der Waals surface area contributed by atoms with E-state index >= 15 is 0 Å². The van der Waals surface area contributed by atoms with E-state index in [1.165, 1.54) is 36.8 Å². The van der Waals surface area contributed by atoms with Gasteiger partial charge in [-0.25, -0.2) is 0 Å². The van der Waals surface area contributed by atoms with Crippen LogP contribution < -0.4 is 10.5 Å². The van der Waals surface area contributed by atoms with Gasteiger partial charge in [-0.3, -0.25) is 0 Å². The summed E-state index contributed by atoms with van der Waals surface area (Å²) >= 11 is 0. The Morgan fingerprint density at radius 2 is 1.89 bits per heavy atom. The van der Waals surface area contributed by atoms with Crippen molar-refractivity contribution in [2.75, 3.05) is 0 Å². The van der Waals surface area contributed by atoms with E-state index in [0.717, 1.165) is 11.7 Å². The number of aryl methyl sites for hydroxylation is 1. The van der Waals surface area contributed by atoms with Gasteiger partial charge in [0, 0.05) is 6.04 Å². The summed E-state index contributed by atoms with van der Waals surface area (Å²) < 4.78 is 6.13. The fourth-order valence-corrected chi connectivity index (χ4v) is 2.61. The van der Waals surface area contributed by atoms with Crippen LogP contribution in [0.25, 0.3) is 0 Å². The minimum atomic E-state index is 0.0910. The zero-order chi connectivity index (χ0) is 13.1. The van der Waals surface area contributed by atoms with Gasteiger partial charge in [0.1, 0.15) is 5.75 Å². The van der Waals surface area contributed by atoms with Crippen LogP contribution >= 0.6 is 0 Å². The van der Waals surface area contributed by atoms with Gasteiger partial charge in [-0.15, -0.1) is 0 Å². The molecule has 1 aliphatic rings. The molecule has 0 saturated heterocycles. The van der Waals surface area contributed by atoms with Gasteiger partial charge in [-0.1, -0.05) is 19.1 Å². The topological polar surface area (TPSA) is 35.2 Å². The fourth-order valence-electron chi connectivity index (χ4n) is 2.61. The van der Waals surface area contributed by atoms with Crippen LogP contribution in [0, 0.1) is 12.8 Å². The largest absolute Gasteiger partial charge is 0.490 e. The Morgan fingerprint density at radius 3 is 2.44 bits per heavy atom. The second-order valence-electron chi connectivity index (χ2n) is 5.81. The molecule has 1 aromatic rings. The lowest BCUT2D eigenvalue weighted by atomic mass is 9.89. The van der Waals surface area contributed by atoms with Crippen LogP contribution in [0.5, 0.6) is 5.75 Å². The molecule has 0 aromatic heterocycles. The summed E-state index contributed by atoms with van der Waals surface area (Å²) in [4.78, 5) is 0. The molecule has 100 valence electrons. The lowest BCUT2D eigenvalue weighted by molar-refractivity contribution is 0.134. The zero-order valence-electron chi connectivity index (χ0n) is 11.8. The average Bonchev–Trinajstić information content (AvgIpc) is 2.34. The fraction of sp³-hybridized carbons (Fsp3) is 0.625. The van der Waals surface area contributed by atoms with Crippen LogP contribution in [0.4, 0.5) is 0 Å². The highest BCUT2D eigenvalue weighted by Crippen LogP contribution is 2.29. The summed E-state index contributed by atoms with van der Waals surface area (Å²) in [6.07, 6.45) is 5.37. The maximum atomic E-state index is 6.13. The smallest absolute Gasteiger partial charge is 0.122 e. The summed E-state index contributed by atoms with van der Waals surface area (Å²) in [6.45, 7) is 6.45. The second-order valence-corrected chi connectivity index (χ2v) is 5.81. The predicted molar refractivity (Wildman–Crippen MR) is 75.8 cm³/mol. The van der Waals surface area contributed by atoms with Gasteiger partial charge >= 0.3 is 0 Å². The van der Waals surface area contributed by atoms with Crippen LogP contribution in [-0.4, -0.2) is 6.10 Å². The molecule has 0 heterocycles. The highest BCUT2D eigenvalue weighted by atomic mass is 16.5. The van der Waals surface area contributed by atoms with Crippen LogP contribution in [0.1, 0.15) is 56.7 Å². The molecule has 2 heteroatoms. The molecular weight excluding hydrogens is 222 g/mol. The normalized spacial score (nSPS) is 25.8. The number of benzene rings is 1. The Morgan fingerprint density at radius 1 is 1.22 bits per heavy atom. The molecule has 2 N–H and O–H groups in total. The number of rotatable bonds is 3. The van der Waals surface area contributed by atoms with Crippen LogP contribution in [-0.2, 0) is 0 Å². The Kier molecular flexibility index (Phi) is 4.28. The van der Waals surface area contributed by atoms with Crippen molar-refractivity contribution in [2.45, 2.75) is 58.6 Å². The van der Waals surface area contributed by atoms with E-state index in [0.29, 0.717) is 6.10 Å². The van der Waals surface area contributed by atoms with Crippen LogP contribution in [0.3, 0.4) is 0 Å². The van der Waals surface area contributed by atoms with E-state index in [2.05, 4.69) is 32.0 Å². The lowest BCUT2D eigenvalue weighted by Crippen LogP contribution is -2.23. The van der Waals surface area contributed by atoms with Crippen molar-refractivity contribution in [2.24, 2.45) is 11.7 Å². The molecule has 1 aromatic carbocycles. The van der Waals surface area contributed by atoms with Gasteiger partial charge in [0.05, 0.1) is 6.10 Å². The molecule has 2 rings (SSSR count). The summed E-state index contributed by atoms with van der Waals surface area (Å²) in [5, 5.41) is 0. The third-order valence-electron chi connectivity index (χ3n) is 3.98. The monoisotopic (exact) mass is 247 g/mol. The van der Waals surface area contributed by atoms with Gasteiger partial charge in [0.15, 0.2) is 0 Å². The van der Waals surface area contributed by atoms with Crippen molar-refractivity contribution in [3.63, 3.8) is 0 Å². The lowest BCUT2D eigenvalue weighted by Gasteiger charge is -2.27. The van der Waals surface area contributed by atoms with Crippen molar-refractivity contribution in [1.82, 2.24) is 0 Å². The van der Waals surface area contributed by atoms with E-state index in [4.69, 9.17) is 10.5 Å². The third-order valence-corrected chi connectivity index (χ3v) is 3.98. The molecular formula is C16H25NO. The molecule has 0 spiro atoms. The van der Waals surface area contributed by atoms with Gasteiger partial charge in [0.2, 0.25) is 0 Å². The number of nitrogens with two attached hydrogens (primary N) is 1. The second kappa shape index (κ2) is 5.75. The molecule has 0 radical (unpaired) electrons. The van der Waals surface area contributed by atoms with E-state index in [1.807, 2.05) is 6.92 Å². The highest BCUT2D eigenvalue weighted by molar-refractivity contribution is 5.37. The SMILES string of the molecule is Cc1cc([C@H](C)N)ccc1OC1CCC(C)CC1. The minimum Gasteiger partial charge on any atom is -0.490 e.